The van der Waals surface area contributed by atoms with Crippen LogP contribution in [0.3, 0.4) is 0 Å². The fraction of sp³-hybridized carbons (Fsp3) is 0.500. The Morgan fingerprint density at radius 2 is 1.94 bits per heavy atom. The molecule has 0 saturated heterocycles. The lowest BCUT2D eigenvalue weighted by atomic mass is 10.1. The number of aliphatic carboxylic acids is 1. The summed E-state index contributed by atoms with van der Waals surface area (Å²) in [5.74, 6) is -0.364. The number of carboxylic acids is 1. The first-order chi connectivity index (χ1) is 8.52. The van der Waals surface area contributed by atoms with Gasteiger partial charge >= 0.3 is 5.97 Å². The second kappa shape index (κ2) is 7.01. The number of benzene rings is 1. The lowest BCUT2D eigenvalue weighted by Crippen LogP contribution is -2.22. The van der Waals surface area contributed by atoms with Crippen LogP contribution in [0, 0.1) is 0 Å². The Bertz CT molecular complexity index is 375. The zero-order chi connectivity index (χ0) is 13.5. The molecule has 2 unspecified atom stereocenters. The van der Waals surface area contributed by atoms with Crippen molar-refractivity contribution in [2.45, 2.75) is 38.8 Å². The Morgan fingerprint density at radius 3 is 2.44 bits per heavy atom. The number of ether oxygens (including phenoxy) is 1. The van der Waals surface area contributed by atoms with Gasteiger partial charge in [0.25, 0.3) is 0 Å². The largest absolute Gasteiger partial charge is 0.479 e. The summed E-state index contributed by atoms with van der Waals surface area (Å²) in [6.07, 6.45) is 1.25. The van der Waals surface area contributed by atoms with Gasteiger partial charge in [-0.15, -0.1) is 0 Å². The van der Waals surface area contributed by atoms with Gasteiger partial charge in [-0.25, -0.2) is 4.79 Å². The average Bonchev–Trinajstić information content (AvgIpc) is 2.37. The van der Waals surface area contributed by atoms with Gasteiger partial charge < -0.3 is 15.2 Å². The van der Waals surface area contributed by atoms with E-state index in [9.17, 15) is 4.79 Å². The molecule has 0 aliphatic heterocycles. The second-order valence-electron chi connectivity index (χ2n) is 4.47. The third-order valence-electron chi connectivity index (χ3n) is 2.94. The molecular formula is C14H21NO3. The summed E-state index contributed by atoms with van der Waals surface area (Å²) in [4.78, 5) is 10.6. The standard InChI is InChI=1S/C14H21NO3/c1-10(15-3)4-5-12-6-8-13(9-7-12)18-11(2)14(16)17/h6-11,15H,4-5H2,1-3H3,(H,16,17). The van der Waals surface area contributed by atoms with Crippen molar-refractivity contribution < 1.29 is 14.6 Å². The molecule has 1 aromatic carbocycles. The molecule has 0 bridgehead atoms. The topological polar surface area (TPSA) is 58.6 Å². The third-order valence-corrected chi connectivity index (χ3v) is 2.94. The van der Waals surface area contributed by atoms with Crippen molar-refractivity contribution in [3.8, 4) is 5.75 Å². The van der Waals surface area contributed by atoms with Crippen LogP contribution in [0.25, 0.3) is 0 Å². The summed E-state index contributed by atoms with van der Waals surface area (Å²) in [6.45, 7) is 3.66. The van der Waals surface area contributed by atoms with Crippen molar-refractivity contribution in [1.82, 2.24) is 5.32 Å². The highest BCUT2D eigenvalue weighted by Crippen LogP contribution is 2.15. The van der Waals surface area contributed by atoms with Crippen molar-refractivity contribution in [3.63, 3.8) is 0 Å². The summed E-state index contributed by atoms with van der Waals surface area (Å²) in [5, 5.41) is 11.9. The quantitative estimate of drug-likeness (QED) is 0.779. The van der Waals surface area contributed by atoms with Crippen molar-refractivity contribution in [2.24, 2.45) is 0 Å². The zero-order valence-corrected chi connectivity index (χ0v) is 11.1. The van der Waals surface area contributed by atoms with Crippen LogP contribution in [0.1, 0.15) is 25.8 Å². The molecule has 0 radical (unpaired) electrons. The number of rotatable bonds is 7. The van der Waals surface area contributed by atoms with Crippen LogP contribution in [0.5, 0.6) is 5.75 Å². The van der Waals surface area contributed by atoms with Crippen molar-refractivity contribution in [2.75, 3.05) is 7.05 Å². The predicted octanol–water partition coefficient (Wildman–Crippen LogP) is 2.08. The summed E-state index contributed by atoms with van der Waals surface area (Å²) in [6, 6.07) is 8.09. The van der Waals surface area contributed by atoms with E-state index in [-0.39, 0.29) is 0 Å². The Morgan fingerprint density at radius 1 is 1.33 bits per heavy atom. The summed E-state index contributed by atoms with van der Waals surface area (Å²) >= 11 is 0. The van der Waals surface area contributed by atoms with Crippen LogP contribution in [0.4, 0.5) is 0 Å². The van der Waals surface area contributed by atoms with Gasteiger partial charge in [-0.3, -0.25) is 0 Å². The number of hydrogen-bond donors (Lipinski definition) is 2. The summed E-state index contributed by atoms with van der Waals surface area (Å²) in [5.41, 5.74) is 1.23. The molecule has 0 amide bonds. The van der Waals surface area contributed by atoms with E-state index in [1.54, 1.807) is 0 Å². The summed E-state index contributed by atoms with van der Waals surface area (Å²) in [7, 11) is 1.95. The van der Waals surface area contributed by atoms with Gasteiger partial charge in [-0.2, -0.15) is 0 Å². The summed E-state index contributed by atoms with van der Waals surface area (Å²) < 4.78 is 5.27. The number of nitrogens with one attached hydrogen (secondary N) is 1. The highest BCUT2D eigenvalue weighted by atomic mass is 16.5. The van der Waals surface area contributed by atoms with E-state index in [0.29, 0.717) is 11.8 Å². The fourth-order valence-electron chi connectivity index (χ4n) is 1.52. The van der Waals surface area contributed by atoms with Crippen LogP contribution < -0.4 is 10.1 Å². The van der Waals surface area contributed by atoms with E-state index in [1.807, 2.05) is 31.3 Å². The van der Waals surface area contributed by atoms with Crippen molar-refractivity contribution in [1.29, 1.82) is 0 Å². The smallest absolute Gasteiger partial charge is 0.344 e. The van der Waals surface area contributed by atoms with E-state index in [4.69, 9.17) is 9.84 Å². The fourth-order valence-corrected chi connectivity index (χ4v) is 1.52. The number of carbonyl (C=O) groups is 1. The molecule has 0 aliphatic carbocycles. The molecule has 100 valence electrons. The number of hydrogen-bond acceptors (Lipinski definition) is 3. The van der Waals surface area contributed by atoms with Gasteiger partial charge in [0.05, 0.1) is 0 Å². The molecule has 18 heavy (non-hydrogen) atoms. The first kappa shape index (κ1) is 14.5. The van der Waals surface area contributed by atoms with E-state index < -0.39 is 12.1 Å². The first-order valence-electron chi connectivity index (χ1n) is 6.18. The van der Waals surface area contributed by atoms with Crippen LogP contribution in [-0.4, -0.2) is 30.3 Å². The maximum Gasteiger partial charge on any atom is 0.344 e. The predicted molar refractivity (Wildman–Crippen MR) is 71.0 cm³/mol. The van der Waals surface area contributed by atoms with Crippen LogP contribution in [0.2, 0.25) is 0 Å². The van der Waals surface area contributed by atoms with Crippen LogP contribution in [0.15, 0.2) is 24.3 Å². The van der Waals surface area contributed by atoms with Gasteiger partial charge in [0.2, 0.25) is 0 Å². The van der Waals surface area contributed by atoms with E-state index in [2.05, 4.69) is 12.2 Å². The van der Waals surface area contributed by atoms with E-state index in [1.165, 1.54) is 12.5 Å². The highest BCUT2D eigenvalue weighted by molar-refractivity contribution is 5.72. The molecule has 0 fully saturated rings. The average molecular weight is 251 g/mol. The lowest BCUT2D eigenvalue weighted by molar-refractivity contribution is -0.144. The maximum atomic E-state index is 10.6. The minimum absolute atomic E-state index is 0.493. The molecule has 1 rings (SSSR count). The number of aryl methyl sites for hydroxylation is 1. The van der Waals surface area contributed by atoms with Crippen LogP contribution in [-0.2, 0) is 11.2 Å². The Labute approximate surface area is 108 Å². The Balaban J connectivity index is 2.49. The monoisotopic (exact) mass is 251 g/mol. The molecule has 1 aromatic rings. The van der Waals surface area contributed by atoms with E-state index >= 15 is 0 Å². The zero-order valence-electron chi connectivity index (χ0n) is 11.1. The Kier molecular flexibility index (Phi) is 5.65. The Hall–Kier alpha value is -1.55. The molecule has 4 heteroatoms. The molecule has 0 saturated carbocycles. The minimum atomic E-state index is -0.957. The first-order valence-corrected chi connectivity index (χ1v) is 6.18. The van der Waals surface area contributed by atoms with Crippen LogP contribution >= 0.6 is 0 Å². The number of carboxylic acid groups (broad SMARTS) is 1. The third kappa shape index (κ3) is 4.75. The molecular weight excluding hydrogens is 230 g/mol. The molecule has 0 heterocycles. The van der Waals surface area contributed by atoms with Gasteiger partial charge in [0.1, 0.15) is 5.75 Å². The highest BCUT2D eigenvalue weighted by Gasteiger charge is 2.11. The SMILES string of the molecule is CNC(C)CCc1ccc(OC(C)C(=O)O)cc1. The lowest BCUT2D eigenvalue weighted by Gasteiger charge is -2.12. The normalized spacial score (nSPS) is 13.9. The maximum absolute atomic E-state index is 10.6. The molecule has 0 aliphatic rings. The van der Waals surface area contributed by atoms with Crippen molar-refractivity contribution in [3.05, 3.63) is 29.8 Å². The van der Waals surface area contributed by atoms with Gasteiger partial charge in [0, 0.05) is 6.04 Å². The molecule has 0 spiro atoms. The minimum Gasteiger partial charge on any atom is -0.479 e. The van der Waals surface area contributed by atoms with Gasteiger partial charge in [-0.05, 0) is 51.4 Å². The second-order valence-corrected chi connectivity index (χ2v) is 4.47. The molecule has 0 aromatic heterocycles. The molecule has 4 nitrogen and oxygen atoms in total. The molecule has 2 N–H and O–H groups in total. The van der Waals surface area contributed by atoms with E-state index in [0.717, 1.165) is 12.8 Å². The van der Waals surface area contributed by atoms with Gasteiger partial charge in [-0.1, -0.05) is 12.1 Å². The molecule has 2 atom stereocenters. The van der Waals surface area contributed by atoms with Gasteiger partial charge in [0.15, 0.2) is 6.10 Å². The van der Waals surface area contributed by atoms with Crippen molar-refractivity contribution >= 4 is 5.97 Å².